The van der Waals surface area contributed by atoms with Crippen LogP contribution in [-0.4, -0.2) is 38.9 Å². The molecule has 1 aliphatic heterocycles. The van der Waals surface area contributed by atoms with Gasteiger partial charge in [0, 0.05) is 18.8 Å². The third-order valence-corrected chi connectivity index (χ3v) is 5.02. The molecule has 1 aromatic carbocycles. The van der Waals surface area contributed by atoms with Gasteiger partial charge in [-0.05, 0) is 31.0 Å². The third-order valence-electron chi connectivity index (χ3n) is 3.26. The predicted octanol–water partition coefficient (Wildman–Crippen LogP) is 0.954. The van der Waals surface area contributed by atoms with Gasteiger partial charge in [0.15, 0.2) is 9.84 Å². The molecule has 0 radical (unpaired) electrons. The van der Waals surface area contributed by atoms with E-state index in [-0.39, 0.29) is 23.5 Å². The maximum absolute atomic E-state index is 12.2. The fraction of sp³-hybridized carbons (Fsp3) is 0.462. The molecule has 1 amide bonds. The summed E-state index contributed by atoms with van der Waals surface area (Å²) in [6.07, 6.45) is 0.495. The molecule has 0 aromatic heterocycles. The van der Waals surface area contributed by atoms with Crippen molar-refractivity contribution in [2.45, 2.75) is 19.4 Å². The van der Waals surface area contributed by atoms with Gasteiger partial charge in [-0.3, -0.25) is 4.79 Å². The van der Waals surface area contributed by atoms with Gasteiger partial charge in [0.1, 0.15) is 0 Å². The highest BCUT2D eigenvalue weighted by Crippen LogP contribution is 2.18. The topological polar surface area (TPSA) is 75.3 Å². The monoisotopic (exact) mass is 282 g/mol. The maximum atomic E-state index is 12.2. The van der Waals surface area contributed by atoms with Gasteiger partial charge in [0.2, 0.25) is 0 Å². The van der Waals surface area contributed by atoms with Crippen LogP contribution in [0.15, 0.2) is 18.2 Å². The molecular weight excluding hydrogens is 264 g/mol. The Bertz CT molecular complexity index is 596. The molecular formula is C13H18N2O3S. The molecule has 2 N–H and O–H groups in total. The van der Waals surface area contributed by atoms with E-state index in [2.05, 4.69) is 10.6 Å². The van der Waals surface area contributed by atoms with Gasteiger partial charge in [-0.1, -0.05) is 6.07 Å². The molecule has 104 valence electrons. The minimum absolute atomic E-state index is 0.0412. The quantitative estimate of drug-likeness (QED) is 0.865. The molecule has 1 saturated heterocycles. The van der Waals surface area contributed by atoms with Gasteiger partial charge in [-0.15, -0.1) is 0 Å². The molecule has 0 spiro atoms. The number of carbonyl (C=O) groups is 1. The fourth-order valence-corrected chi connectivity index (χ4v) is 3.91. The highest BCUT2D eigenvalue weighted by Gasteiger charge is 2.29. The van der Waals surface area contributed by atoms with Crippen molar-refractivity contribution >= 4 is 21.4 Å². The van der Waals surface area contributed by atoms with E-state index in [9.17, 15) is 13.2 Å². The van der Waals surface area contributed by atoms with Crippen LogP contribution in [-0.2, 0) is 9.84 Å². The molecule has 1 unspecified atom stereocenters. The molecule has 1 aromatic rings. The summed E-state index contributed by atoms with van der Waals surface area (Å²) >= 11 is 0. The average molecular weight is 282 g/mol. The van der Waals surface area contributed by atoms with E-state index in [0.29, 0.717) is 12.0 Å². The summed E-state index contributed by atoms with van der Waals surface area (Å²) < 4.78 is 22.7. The SMILES string of the molecule is CNc1cc(C)ccc1C(=O)NC1CCS(=O)(=O)C1. The van der Waals surface area contributed by atoms with E-state index in [1.165, 1.54) is 0 Å². The van der Waals surface area contributed by atoms with Crippen LogP contribution in [0.5, 0.6) is 0 Å². The van der Waals surface area contributed by atoms with Crippen LogP contribution in [0, 0.1) is 6.92 Å². The predicted molar refractivity (Wildman–Crippen MR) is 75.3 cm³/mol. The summed E-state index contributed by atoms with van der Waals surface area (Å²) in [4.78, 5) is 12.2. The summed E-state index contributed by atoms with van der Waals surface area (Å²) in [5.41, 5.74) is 2.35. The van der Waals surface area contributed by atoms with Gasteiger partial charge in [-0.25, -0.2) is 8.42 Å². The Labute approximate surface area is 113 Å². The van der Waals surface area contributed by atoms with Gasteiger partial charge >= 0.3 is 0 Å². The second-order valence-corrected chi connectivity index (χ2v) is 7.10. The molecule has 6 heteroatoms. The molecule has 0 aliphatic carbocycles. The number of nitrogens with one attached hydrogen (secondary N) is 2. The van der Waals surface area contributed by atoms with Crippen LogP contribution >= 0.6 is 0 Å². The minimum atomic E-state index is -2.98. The average Bonchev–Trinajstić information content (AvgIpc) is 2.68. The van der Waals surface area contributed by atoms with E-state index < -0.39 is 9.84 Å². The molecule has 19 heavy (non-hydrogen) atoms. The van der Waals surface area contributed by atoms with Crippen molar-refractivity contribution in [3.63, 3.8) is 0 Å². The smallest absolute Gasteiger partial charge is 0.253 e. The zero-order chi connectivity index (χ0) is 14.0. The fourth-order valence-electron chi connectivity index (χ4n) is 2.23. The number of anilines is 1. The van der Waals surface area contributed by atoms with Gasteiger partial charge in [0.05, 0.1) is 17.1 Å². The van der Waals surface area contributed by atoms with E-state index >= 15 is 0 Å². The normalized spacial score (nSPS) is 21.1. The summed E-state index contributed by atoms with van der Waals surface area (Å²) in [7, 11) is -1.22. The standard InChI is InChI=1S/C13H18N2O3S/c1-9-3-4-11(12(7-9)14-2)13(16)15-10-5-6-19(17,18)8-10/h3-4,7,10,14H,5-6,8H2,1-2H3,(H,15,16). The van der Waals surface area contributed by atoms with Crippen molar-refractivity contribution in [3.8, 4) is 0 Å². The molecule has 0 saturated carbocycles. The summed E-state index contributed by atoms with van der Waals surface area (Å²) in [6.45, 7) is 1.95. The van der Waals surface area contributed by atoms with Crippen LogP contribution < -0.4 is 10.6 Å². The Morgan fingerprint density at radius 3 is 2.68 bits per heavy atom. The number of hydrogen-bond donors (Lipinski definition) is 2. The lowest BCUT2D eigenvalue weighted by molar-refractivity contribution is 0.0942. The molecule has 5 nitrogen and oxygen atoms in total. The number of hydrogen-bond acceptors (Lipinski definition) is 4. The number of amides is 1. The van der Waals surface area contributed by atoms with Crippen molar-refractivity contribution in [3.05, 3.63) is 29.3 Å². The first-order valence-electron chi connectivity index (χ1n) is 6.21. The van der Waals surface area contributed by atoms with E-state index in [0.717, 1.165) is 11.3 Å². The molecule has 1 atom stereocenters. The van der Waals surface area contributed by atoms with Gasteiger partial charge in [-0.2, -0.15) is 0 Å². The second kappa shape index (κ2) is 5.21. The van der Waals surface area contributed by atoms with Crippen LogP contribution in [0.3, 0.4) is 0 Å². The zero-order valence-electron chi connectivity index (χ0n) is 11.1. The summed E-state index contributed by atoms with van der Waals surface area (Å²) in [5.74, 6) is -0.0315. The lowest BCUT2D eigenvalue weighted by Crippen LogP contribution is -2.35. The number of rotatable bonds is 3. The van der Waals surface area contributed by atoms with Crippen LogP contribution in [0.2, 0.25) is 0 Å². The molecule has 1 fully saturated rings. The molecule has 2 rings (SSSR count). The molecule has 1 heterocycles. The Kier molecular flexibility index (Phi) is 3.80. The number of carbonyl (C=O) groups excluding carboxylic acids is 1. The van der Waals surface area contributed by atoms with Crippen LogP contribution in [0.1, 0.15) is 22.3 Å². The van der Waals surface area contributed by atoms with Gasteiger partial charge < -0.3 is 10.6 Å². The Morgan fingerprint density at radius 2 is 2.11 bits per heavy atom. The second-order valence-electron chi connectivity index (χ2n) is 4.87. The zero-order valence-corrected chi connectivity index (χ0v) is 11.9. The van der Waals surface area contributed by atoms with Crippen molar-refractivity contribution in [2.24, 2.45) is 0 Å². The van der Waals surface area contributed by atoms with Crippen LogP contribution in [0.25, 0.3) is 0 Å². The first-order chi connectivity index (χ1) is 8.91. The lowest BCUT2D eigenvalue weighted by Gasteiger charge is -2.14. The van der Waals surface area contributed by atoms with E-state index in [1.54, 1.807) is 13.1 Å². The Balaban J connectivity index is 2.12. The van der Waals surface area contributed by atoms with E-state index in [4.69, 9.17) is 0 Å². The largest absolute Gasteiger partial charge is 0.387 e. The first-order valence-corrected chi connectivity index (χ1v) is 8.03. The maximum Gasteiger partial charge on any atom is 0.253 e. The van der Waals surface area contributed by atoms with Gasteiger partial charge in [0.25, 0.3) is 5.91 Å². The minimum Gasteiger partial charge on any atom is -0.387 e. The molecule has 1 aliphatic rings. The summed E-state index contributed by atoms with van der Waals surface area (Å²) in [5, 5.41) is 5.77. The number of benzene rings is 1. The highest BCUT2D eigenvalue weighted by atomic mass is 32.2. The van der Waals surface area contributed by atoms with Crippen molar-refractivity contribution in [1.82, 2.24) is 5.32 Å². The number of aryl methyl sites for hydroxylation is 1. The Morgan fingerprint density at radius 1 is 1.37 bits per heavy atom. The summed E-state index contributed by atoms with van der Waals surface area (Å²) in [6, 6.07) is 5.23. The number of sulfone groups is 1. The van der Waals surface area contributed by atoms with Crippen molar-refractivity contribution in [1.29, 1.82) is 0 Å². The highest BCUT2D eigenvalue weighted by molar-refractivity contribution is 7.91. The Hall–Kier alpha value is -1.56. The first kappa shape index (κ1) is 13.9. The lowest BCUT2D eigenvalue weighted by atomic mass is 10.1. The van der Waals surface area contributed by atoms with Crippen LogP contribution in [0.4, 0.5) is 5.69 Å². The van der Waals surface area contributed by atoms with Crippen molar-refractivity contribution in [2.75, 3.05) is 23.9 Å². The van der Waals surface area contributed by atoms with Crippen molar-refractivity contribution < 1.29 is 13.2 Å². The molecule has 0 bridgehead atoms. The third kappa shape index (κ3) is 3.26. The van der Waals surface area contributed by atoms with E-state index in [1.807, 2.05) is 19.1 Å².